The highest BCUT2D eigenvalue weighted by molar-refractivity contribution is 5.92. The molecule has 1 saturated heterocycles. The molecule has 7 nitrogen and oxygen atoms in total. The minimum Gasteiger partial charge on any atom is -0.388 e. The van der Waals surface area contributed by atoms with E-state index in [4.69, 9.17) is 9.72 Å². The second kappa shape index (κ2) is 11.0. The zero-order valence-corrected chi connectivity index (χ0v) is 24.3. The van der Waals surface area contributed by atoms with Gasteiger partial charge in [-0.05, 0) is 93.8 Å². The highest BCUT2D eigenvalue weighted by atomic mass is 16.5. The standard InChI is InChI=1S/C32H44N4O3/c1-20(2)31(37)34-26-9-8-24-14-23(15-25(24)16-26)17-35-12-11-29(30(18-35)39-19-32(5,6)38)36-22(4)33-27-13-21(3)7-10-28(27)36/h7-10,13,16,20,23,29-30,38H,11-12,14-15,17-19H2,1-6H3,(H,34,37)/t23?,29-,30-/m1/s1. The lowest BCUT2D eigenvalue weighted by molar-refractivity contribution is -0.118. The van der Waals surface area contributed by atoms with E-state index < -0.39 is 5.60 Å². The molecule has 3 atom stereocenters. The third-order valence-corrected chi connectivity index (χ3v) is 8.14. The van der Waals surface area contributed by atoms with Crippen LogP contribution in [0, 0.1) is 25.7 Å². The van der Waals surface area contributed by atoms with Crippen LogP contribution in [0.5, 0.6) is 0 Å². The molecule has 0 spiro atoms. The number of nitrogens with one attached hydrogen (secondary N) is 1. The van der Waals surface area contributed by atoms with E-state index in [1.54, 1.807) is 13.8 Å². The van der Waals surface area contributed by atoms with E-state index in [1.807, 2.05) is 19.9 Å². The molecular weight excluding hydrogens is 488 g/mol. The summed E-state index contributed by atoms with van der Waals surface area (Å²) in [5.74, 6) is 1.58. The maximum absolute atomic E-state index is 12.2. The number of aryl methyl sites for hydroxylation is 2. The lowest BCUT2D eigenvalue weighted by Gasteiger charge is -2.41. The molecule has 39 heavy (non-hydrogen) atoms. The quantitative estimate of drug-likeness (QED) is 0.424. The first kappa shape index (κ1) is 27.8. The molecule has 1 fully saturated rings. The molecule has 5 rings (SSSR count). The first-order valence-electron chi connectivity index (χ1n) is 14.4. The van der Waals surface area contributed by atoms with Gasteiger partial charge < -0.3 is 24.6 Å². The predicted octanol–water partition coefficient (Wildman–Crippen LogP) is 5.07. The summed E-state index contributed by atoms with van der Waals surface area (Å²) >= 11 is 0. The number of aliphatic hydroxyl groups is 1. The molecule has 2 N–H and O–H groups in total. The van der Waals surface area contributed by atoms with Crippen LogP contribution in [-0.4, -0.2) is 63.4 Å². The average molecular weight is 533 g/mol. The molecule has 2 aliphatic rings. The van der Waals surface area contributed by atoms with E-state index in [9.17, 15) is 9.90 Å². The summed E-state index contributed by atoms with van der Waals surface area (Å²) in [6.45, 7) is 14.8. The number of amides is 1. The van der Waals surface area contributed by atoms with E-state index in [-0.39, 0.29) is 24.0 Å². The van der Waals surface area contributed by atoms with Gasteiger partial charge in [-0.25, -0.2) is 4.98 Å². The summed E-state index contributed by atoms with van der Waals surface area (Å²) in [4.78, 5) is 19.6. The number of benzene rings is 2. The molecule has 0 radical (unpaired) electrons. The third-order valence-electron chi connectivity index (χ3n) is 8.14. The number of hydrogen-bond acceptors (Lipinski definition) is 5. The van der Waals surface area contributed by atoms with E-state index in [1.165, 1.54) is 16.7 Å². The van der Waals surface area contributed by atoms with Crippen molar-refractivity contribution in [3.8, 4) is 0 Å². The number of hydrogen-bond donors (Lipinski definition) is 2. The van der Waals surface area contributed by atoms with Gasteiger partial charge in [0.15, 0.2) is 0 Å². The van der Waals surface area contributed by atoms with Gasteiger partial charge in [-0.1, -0.05) is 26.0 Å². The van der Waals surface area contributed by atoms with Crippen LogP contribution < -0.4 is 5.32 Å². The van der Waals surface area contributed by atoms with Crippen molar-refractivity contribution in [2.24, 2.45) is 11.8 Å². The molecule has 7 heteroatoms. The van der Waals surface area contributed by atoms with E-state index in [2.05, 4.69) is 59.0 Å². The Balaban J connectivity index is 1.29. The Bertz CT molecular complexity index is 1340. The Kier molecular flexibility index (Phi) is 7.86. The zero-order chi connectivity index (χ0) is 27.9. The first-order valence-corrected chi connectivity index (χ1v) is 14.4. The number of fused-ring (bicyclic) bond motifs is 2. The number of anilines is 1. The number of ether oxygens (including phenoxy) is 1. The van der Waals surface area contributed by atoms with Crippen molar-refractivity contribution in [3.05, 3.63) is 58.9 Å². The predicted molar refractivity (Wildman–Crippen MR) is 156 cm³/mol. The summed E-state index contributed by atoms with van der Waals surface area (Å²) in [6, 6.07) is 13.0. The van der Waals surface area contributed by atoms with Crippen molar-refractivity contribution < 1.29 is 14.6 Å². The van der Waals surface area contributed by atoms with Crippen LogP contribution in [-0.2, 0) is 22.4 Å². The topological polar surface area (TPSA) is 79.6 Å². The molecule has 2 aromatic carbocycles. The van der Waals surface area contributed by atoms with Gasteiger partial charge in [0.2, 0.25) is 5.91 Å². The molecule has 210 valence electrons. The Morgan fingerprint density at radius 3 is 2.67 bits per heavy atom. The molecule has 0 saturated carbocycles. The van der Waals surface area contributed by atoms with Crippen molar-refractivity contribution in [2.75, 3.05) is 31.6 Å². The minimum absolute atomic E-state index is 0.0336. The number of rotatable bonds is 8. The Labute approximate surface area is 232 Å². The van der Waals surface area contributed by atoms with Crippen LogP contribution in [0.1, 0.15) is 62.7 Å². The maximum atomic E-state index is 12.2. The van der Waals surface area contributed by atoms with Gasteiger partial charge in [0.05, 0.1) is 35.4 Å². The molecular formula is C32H44N4O3. The number of nitrogens with zero attached hydrogens (tertiary/aromatic N) is 3. The van der Waals surface area contributed by atoms with Gasteiger partial charge in [-0.2, -0.15) is 0 Å². The fourth-order valence-electron chi connectivity index (χ4n) is 6.22. The van der Waals surface area contributed by atoms with Gasteiger partial charge in [-0.3, -0.25) is 4.79 Å². The van der Waals surface area contributed by atoms with E-state index in [0.29, 0.717) is 12.5 Å². The van der Waals surface area contributed by atoms with Gasteiger partial charge in [0.25, 0.3) is 0 Å². The monoisotopic (exact) mass is 532 g/mol. The fourth-order valence-corrected chi connectivity index (χ4v) is 6.22. The van der Waals surface area contributed by atoms with Gasteiger partial charge >= 0.3 is 0 Å². The van der Waals surface area contributed by atoms with Crippen molar-refractivity contribution in [1.82, 2.24) is 14.5 Å². The van der Waals surface area contributed by atoms with Crippen LogP contribution in [0.2, 0.25) is 0 Å². The number of likely N-dealkylation sites (tertiary alicyclic amines) is 1. The Morgan fingerprint density at radius 1 is 1.15 bits per heavy atom. The van der Waals surface area contributed by atoms with E-state index >= 15 is 0 Å². The number of carbonyl (C=O) groups excluding carboxylic acids is 1. The lowest BCUT2D eigenvalue weighted by atomic mass is 9.97. The zero-order valence-electron chi connectivity index (χ0n) is 24.3. The van der Waals surface area contributed by atoms with Gasteiger partial charge in [0, 0.05) is 31.2 Å². The number of imidazole rings is 1. The summed E-state index contributed by atoms with van der Waals surface area (Å²) in [5, 5.41) is 13.5. The van der Waals surface area contributed by atoms with Crippen LogP contribution in [0.25, 0.3) is 11.0 Å². The first-order chi connectivity index (χ1) is 18.5. The smallest absolute Gasteiger partial charge is 0.226 e. The summed E-state index contributed by atoms with van der Waals surface area (Å²) < 4.78 is 8.82. The second-order valence-corrected chi connectivity index (χ2v) is 12.7. The highest BCUT2D eigenvalue weighted by Crippen LogP contribution is 2.34. The van der Waals surface area contributed by atoms with Crippen LogP contribution in [0.15, 0.2) is 36.4 Å². The number of piperidine rings is 1. The average Bonchev–Trinajstić information content (AvgIpc) is 3.40. The van der Waals surface area contributed by atoms with Gasteiger partial charge in [-0.15, -0.1) is 0 Å². The van der Waals surface area contributed by atoms with Crippen molar-refractivity contribution >= 4 is 22.6 Å². The van der Waals surface area contributed by atoms with Crippen LogP contribution in [0.3, 0.4) is 0 Å². The minimum atomic E-state index is -0.883. The third kappa shape index (κ3) is 6.37. The molecule has 1 unspecified atom stereocenters. The molecule has 2 heterocycles. The van der Waals surface area contributed by atoms with Crippen LogP contribution in [0.4, 0.5) is 5.69 Å². The highest BCUT2D eigenvalue weighted by Gasteiger charge is 2.35. The lowest BCUT2D eigenvalue weighted by Crippen LogP contribution is -2.48. The maximum Gasteiger partial charge on any atom is 0.226 e. The fraction of sp³-hybridized carbons (Fsp3) is 0.562. The normalized spacial score (nSPS) is 22.0. The van der Waals surface area contributed by atoms with Crippen molar-refractivity contribution in [1.29, 1.82) is 0 Å². The Hall–Kier alpha value is -2.74. The Morgan fingerprint density at radius 2 is 1.92 bits per heavy atom. The molecule has 3 aromatic rings. The largest absolute Gasteiger partial charge is 0.388 e. The molecule has 0 bridgehead atoms. The summed E-state index contributed by atoms with van der Waals surface area (Å²) in [6.07, 6.45) is 3.03. The number of aromatic nitrogens is 2. The SMILES string of the molecule is Cc1ccc2c(c1)nc(C)n2[C@@H]1CCN(CC2Cc3ccc(NC(=O)C(C)C)cc3C2)C[C@H]1OCC(C)(C)O. The molecule has 1 amide bonds. The molecule has 1 aliphatic heterocycles. The number of carbonyl (C=O) groups is 1. The van der Waals surface area contributed by atoms with Crippen molar-refractivity contribution in [3.63, 3.8) is 0 Å². The molecule has 1 aliphatic carbocycles. The van der Waals surface area contributed by atoms with Crippen LogP contribution >= 0.6 is 0 Å². The second-order valence-electron chi connectivity index (χ2n) is 12.7. The van der Waals surface area contributed by atoms with Gasteiger partial charge in [0.1, 0.15) is 5.82 Å². The molecule has 1 aromatic heterocycles. The van der Waals surface area contributed by atoms with E-state index in [0.717, 1.165) is 61.4 Å². The summed E-state index contributed by atoms with van der Waals surface area (Å²) in [7, 11) is 0. The summed E-state index contributed by atoms with van der Waals surface area (Å²) in [5.41, 5.74) is 6.15. The van der Waals surface area contributed by atoms with Crippen molar-refractivity contribution in [2.45, 2.75) is 78.6 Å².